The molecule has 0 radical (unpaired) electrons. The third kappa shape index (κ3) is 5.37. The van der Waals surface area contributed by atoms with Gasteiger partial charge in [-0.2, -0.15) is 0 Å². The highest BCUT2D eigenvalue weighted by molar-refractivity contribution is 5.89. The lowest BCUT2D eigenvalue weighted by Gasteiger charge is -2.30. The van der Waals surface area contributed by atoms with E-state index in [1.807, 2.05) is 0 Å². The number of hydrogen-bond acceptors (Lipinski definition) is 4. The summed E-state index contributed by atoms with van der Waals surface area (Å²) >= 11 is 0. The van der Waals surface area contributed by atoms with E-state index in [0.29, 0.717) is 30.8 Å². The number of anilines is 1. The number of carboxylic acids is 1. The molecule has 0 bridgehead atoms. The fraction of sp³-hybridized carbons (Fsp3) is 0.471. The van der Waals surface area contributed by atoms with Crippen LogP contribution in [0.1, 0.15) is 12.8 Å². The second kappa shape index (κ2) is 8.36. The number of urea groups is 1. The molecule has 0 spiro atoms. The number of amides is 3. The Hall–Kier alpha value is -2.77. The second-order valence-electron chi connectivity index (χ2n) is 6.15. The van der Waals surface area contributed by atoms with Crippen molar-refractivity contribution < 1.29 is 24.2 Å². The minimum absolute atomic E-state index is 0.0525. The molecule has 0 aromatic heterocycles. The lowest BCUT2D eigenvalue weighted by molar-refractivity contribution is -0.143. The lowest BCUT2D eigenvalue weighted by atomic mass is 9.99. The summed E-state index contributed by atoms with van der Waals surface area (Å²) in [6, 6.07) is 6.35. The van der Waals surface area contributed by atoms with Crippen molar-refractivity contribution in [3.8, 4) is 5.75 Å². The molecule has 8 nitrogen and oxygen atoms in total. The van der Waals surface area contributed by atoms with E-state index >= 15 is 0 Å². The minimum Gasteiger partial charge on any atom is -0.484 e. The van der Waals surface area contributed by atoms with E-state index in [2.05, 4.69) is 5.32 Å². The number of ether oxygens (including phenoxy) is 1. The van der Waals surface area contributed by atoms with Crippen molar-refractivity contribution in [2.45, 2.75) is 12.8 Å². The highest BCUT2D eigenvalue weighted by Crippen LogP contribution is 2.19. The summed E-state index contributed by atoms with van der Waals surface area (Å²) in [5, 5.41) is 11.8. The third-order valence-corrected chi connectivity index (χ3v) is 4.02. The molecule has 1 saturated heterocycles. The highest BCUT2D eigenvalue weighted by atomic mass is 16.5. The van der Waals surface area contributed by atoms with Crippen molar-refractivity contribution in [1.82, 2.24) is 9.80 Å². The number of benzene rings is 1. The summed E-state index contributed by atoms with van der Waals surface area (Å²) in [4.78, 5) is 37.8. The number of piperidine rings is 1. The van der Waals surface area contributed by atoms with Gasteiger partial charge in [0.05, 0.1) is 5.92 Å². The molecule has 1 aliphatic rings. The molecule has 2 N–H and O–H groups in total. The van der Waals surface area contributed by atoms with Crippen molar-refractivity contribution in [3.05, 3.63) is 24.3 Å². The molecule has 3 amide bonds. The molecule has 1 aromatic rings. The molecule has 2 rings (SSSR count). The van der Waals surface area contributed by atoms with E-state index < -0.39 is 11.9 Å². The van der Waals surface area contributed by atoms with Crippen LogP contribution < -0.4 is 10.1 Å². The monoisotopic (exact) mass is 349 g/mol. The van der Waals surface area contributed by atoms with E-state index in [0.717, 1.165) is 0 Å². The molecule has 1 unspecified atom stereocenters. The number of likely N-dealkylation sites (N-methyl/N-ethyl adjacent to an activating group) is 1. The van der Waals surface area contributed by atoms with Gasteiger partial charge < -0.3 is 25.0 Å². The Balaban J connectivity index is 1.87. The molecule has 0 aliphatic carbocycles. The second-order valence-corrected chi connectivity index (χ2v) is 6.15. The van der Waals surface area contributed by atoms with Gasteiger partial charge in [0.25, 0.3) is 5.91 Å². The summed E-state index contributed by atoms with van der Waals surface area (Å²) in [5.41, 5.74) is 0.578. The zero-order chi connectivity index (χ0) is 18.4. The number of hydrogen-bond donors (Lipinski definition) is 2. The maximum Gasteiger partial charge on any atom is 0.321 e. The number of likely N-dealkylation sites (tertiary alicyclic amines) is 1. The van der Waals surface area contributed by atoms with Gasteiger partial charge in [0.1, 0.15) is 5.75 Å². The molecular formula is C17H23N3O5. The van der Waals surface area contributed by atoms with Crippen LogP contribution in [0.2, 0.25) is 0 Å². The maximum atomic E-state index is 12.3. The van der Waals surface area contributed by atoms with Crippen LogP contribution in [0.25, 0.3) is 0 Å². The van der Waals surface area contributed by atoms with Crippen molar-refractivity contribution in [3.63, 3.8) is 0 Å². The van der Waals surface area contributed by atoms with Gasteiger partial charge in [-0.25, -0.2) is 4.79 Å². The largest absolute Gasteiger partial charge is 0.484 e. The Bertz CT molecular complexity index is 630. The standard InChI is InChI=1S/C17H23N3O5/c1-19(2)15(21)11-25-14-7-5-13(6-8-14)18-17(24)20-9-3-4-12(10-20)16(22)23/h5-8,12H,3-4,9-11H2,1-2H3,(H,18,24)(H,22,23). The smallest absolute Gasteiger partial charge is 0.321 e. The van der Waals surface area contributed by atoms with E-state index in [4.69, 9.17) is 9.84 Å². The van der Waals surface area contributed by atoms with Crippen LogP contribution in [0, 0.1) is 5.92 Å². The molecular weight excluding hydrogens is 326 g/mol. The van der Waals surface area contributed by atoms with Crippen molar-refractivity contribution in [2.75, 3.05) is 39.1 Å². The summed E-state index contributed by atoms with van der Waals surface area (Å²) in [6.45, 7) is 0.710. The topological polar surface area (TPSA) is 99.2 Å². The normalized spacial score (nSPS) is 16.9. The average molecular weight is 349 g/mol. The van der Waals surface area contributed by atoms with Crippen molar-refractivity contribution >= 4 is 23.6 Å². The third-order valence-electron chi connectivity index (χ3n) is 4.02. The van der Waals surface area contributed by atoms with Crippen LogP contribution in [-0.2, 0) is 9.59 Å². The first-order chi connectivity index (χ1) is 11.9. The Labute approximate surface area is 146 Å². The van der Waals surface area contributed by atoms with Crippen LogP contribution in [0.4, 0.5) is 10.5 Å². The number of rotatable bonds is 5. The molecule has 1 atom stereocenters. The fourth-order valence-electron chi connectivity index (χ4n) is 2.47. The average Bonchev–Trinajstić information content (AvgIpc) is 2.60. The molecule has 1 heterocycles. The quantitative estimate of drug-likeness (QED) is 0.839. The van der Waals surface area contributed by atoms with Gasteiger partial charge in [0.2, 0.25) is 0 Å². The van der Waals surface area contributed by atoms with Crippen LogP contribution in [0.3, 0.4) is 0 Å². The molecule has 25 heavy (non-hydrogen) atoms. The summed E-state index contributed by atoms with van der Waals surface area (Å²) < 4.78 is 5.37. The highest BCUT2D eigenvalue weighted by Gasteiger charge is 2.28. The van der Waals surface area contributed by atoms with Gasteiger partial charge in [-0.05, 0) is 37.1 Å². The number of carboxylic acid groups (broad SMARTS) is 1. The van der Waals surface area contributed by atoms with Gasteiger partial charge in [-0.3, -0.25) is 9.59 Å². The molecule has 1 aliphatic heterocycles. The Morgan fingerprint density at radius 2 is 1.96 bits per heavy atom. The van der Waals surface area contributed by atoms with Crippen LogP contribution in [0.5, 0.6) is 5.75 Å². The van der Waals surface area contributed by atoms with Gasteiger partial charge >= 0.3 is 12.0 Å². The zero-order valence-electron chi connectivity index (χ0n) is 14.4. The molecule has 0 saturated carbocycles. The van der Waals surface area contributed by atoms with Crippen molar-refractivity contribution in [1.29, 1.82) is 0 Å². The van der Waals surface area contributed by atoms with Gasteiger partial charge in [0, 0.05) is 32.9 Å². The summed E-state index contributed by atoms with van der Waals surface area (Å²) in [5.74, 6) is -0.997. The van der Waals surface area contributed by atoms with E-state index in [-0.39, 0.29) is 25.1 Å². The SMILES string of the molecule is CN(C)C(=O)COc1ccc(NC(=O)N2CCCC(C(=O)O)C2)cc1. The fourth-order valence-corrected chi connectivity index (χ4v) is 2.47. The number of carbonyl (C=O) groups excluding carboxylic acids is 2. The van der Waals surface area contributed by atoms with Gasteiger partial charge in [0.15, 0.2) is 6.61 Å². The number of nitrogens with zero attached hydrogens (tertiary/aromatic N) is 2. The molecule has 1 aromatic carbocycles. The number of nitrogens with one attached hydrogen (secondary N) is 1. The zero-order valence-corrected chi connectivity index (χ0v) is 14.4. The Kier molecular flexibility index (Phi) is 6.21. The van der Waals surface area contributed by atoms with Crippen LogP contribution >= 0.6 is 0 Å². The molecule has 8 heteroatoms. The first-order valence-corrected chi connectivity index (χ1v) is 8.08. The van der Waals surface area contributed by atoms with Crippen molar-refractivity contribution in [2.24, 2.45) is 5.92 Å². The summed E-state index contributed by atoms with van der Waals surface area (Å²) in [7, 11) is 3.31. The Morgan fingerprint density at radius 3 is 2.56 bits per heavy atom. The number of aliphatic carboxylic acids is 1. The van der Waals surface area contributed by atoms with Gasteiger partial charge in [-0.15, -0.1) is 0 Å². The first kappa shape index (κ1) is 18.6. The lowest BCUT2D eigenvalue weighted by Crippen LogP contribution is -2.44. The predicted molar refractivity (Wildman–Crippen MR) is 91.6 cm³/mol. The predicted octanol–water partition coefficient (Wildman–Crippen LogP) is 1.48. The summed E-state index contributed by atoms with van der Waals surface area (Å²) in [6.07, 6.45) is 1.27. The minimum atomic E-state index is -0.869. The first-order valence-electron chi connectivity index (χ1n) is 8.08. The van der Waals surface area contributed by atoms with E-state index in [1.165, 1.54) is 9.80 Å². The van der Waals surface area contributed by atoms with E-state index in [9.17, 15) is 14.4 Å². The number of carbonyl (C=O) groups is 3. The van der Waals surface area contributed by atoms with Gasteiger partial charge in [-0.1, -0.05) is 0 Å². The van der Waals surface area contributed by atoms with E-state index in [1.54, 1.807) is 38.4 Å². The maximum absolute atomic E-state index is 12.3. The Morgan fingerprint density at radius 1 is 1.28 bits per heavy atom. The van der Waals surface area contributed by atoms with Crippen LogP contribution in [-0.4, -0.2) is 66.6 Å². The molecule has 136 valence electrons. The van der Waals surface area contributed by atoms with Crippen LogP contribution in [0.15, 0.2) is 24.3 Å². The molecule has 1 fully saturated rings.